The number of hydrogen-bond donors (Lipinski definition) is 0. The summed E-state index contributed by atoms with van der Waals surface area (Å²) in [5.41, 5.74) is 0.897. The first kappa shape index (κ1) is 16.6. The largest absolute Gasteiger partial charge is 0.493 e. The highest BCUT2D eigenvalue weighted by molar-refractivity contribution is 7.16. The minimum absolute atomic E-state index is 0.0382. The van der Waals surface area contributed by atoms with Crippen LogP contribution in [0.25, 0.3) is 10.2 Å². The molecule has 1 heterocycles. The van der Waals surface area contributed by atoms with Crippen LogP contribution in [0.3, 0.4) is 0 Å². The number of amides is 1. The number of terminal acetylenes is 1. The number of nitrogens with zero attached hydrogens (tertiary/aromatic N) is 2. The van der Waals surface area contributed by atoms with Crippen molar-refractivity contribution >= 4 is 27.5 Å². The van der Waals surface area contributed by atoms with E-state index in [1.807, 2.05) is 16.7 Å². The second-order valence-corrected chi connectivity index (χ2v) is 6.79. The van der Waals surface area contributed by atoms with Gasteiger partial charge in [0.25, 0.3) is 5.91 Å². The van der Waals surface area contributed by atoms with E-state index in [4.69, 9.17) is 15.9 Å². The SMILES string of the molecule is C#CCn1c(=NC(=O)C2CCCC2)sc2cc(OC)c(OC)cc21. The zero-order valence-electron chi connectivity index (χ0n) is 13.9. The Kier molecular flexibility index (Phi) is 4.91. The molecule has 2 aromatic rings. The Labute approximate surface area is 144 Å². The molecule has 1 aromatic carbocycles. The maximum Gasteiger partial charge on any atom is 0.251 e. The minimum Gasteiger partial charge on any atom is -0.493 e. The number of rotatable bonds is 4. The molecule has 1 aliphatic carbocycles. The lowest BCUT2D eigenvalue weighted by Crippen LogP contribution is -2.19. The van der Waals surface area contributed by atoms with Crippen LogP contribution >= 0.6 is 11.3 Å². The van der Waals surface area contributed by atoms with Crippen LogP contribution in [0.4, 0.5) is 0 Å². The highest BCUT2D eigenvalue weighted by Gasteiger charge is 2.22. The molecule has 1 amide bonds. The van der Waals surface area contributed by atoms with E-state index in [1.165, 1.54) is 11.3 Å². The summed E-state index contributed by atoms with van der Waals surface area (Å²) >= 11 is 1.44. The van der Waals surface area contributed by atoms with Crippen LogP contribution in [0.15, 0.2) is 17.1 Å². The van der Waals surface area contributed by atoms with E-state index in [9.17, 15) is 4.79 Å². The average Bonchev–Trinajstić information content (AvgIpc) is 3.23. The molecular weight excluding hydrogens is 324 g/mol. The fraction of sp³-hybridized carbons (Fsp3) is 0.444. The Balaban J connectivity index is 2.14. The molecule has 6 heteroatoms. The Morgan fingerprint density at radius 1 is 1.33 bits per heavy atom. The maximum absolute atomic E-state index is 12.4. The Morgan fingerprint density at radius 2 is 2.00 bits per heavy atom. The molecule has 24 heavy (non-hydrogen) atoms. The predicted molar refractivity (Wildman–Crippen MR) is 94.3 cm³/mol. The third-order valence-corrected chi connectivity index (χ3v) is 5.39. The van der Waals surface area contributed by atoms with Crippen molar-refractivity contribution in [2.45, 2.75) is 32.2 Å². The Morgan fingerprint density at radius 3 is 2.62 bits per heavy atom. The van der Waals surface area contributed by atoms with E-state index in [2.05, 4.69) is 10.9 Å². The van der Waals surface area contributed by atoms with Gasteiger partial charge in [0, 0.05) is 18.1 Å². The zero-order valence-corrected chi connectivity index (χ0v) is 14.7. The van der Waals surface area contributed by atoms with Crippen molar-refractivity contribution in [3.8, 4) is 23.8 Å². The quantitative estimate of drug-likeness (QED) is 0.801. The summed E-state index contributed by atoms with van der Waals surface area (Å²) in [6, 6.07) is 3.77. The van der Waals surface area contributed by atoms with Crippen molar-refractivity contribution < 1.29 is 14.3 Å². The zero-order chi connectivity index (χ0) is 17.1. The number of hydrogen-bond acceptors (Lipinski definition) is 4. The molecule has 0 atom stereocenters. The normalized spacial score (nSPS) is 15.6. The lowest BCUT2D eigenvalue weighted by molar-refractivity contribution is -0.121. The van der Waals surface area contributed by atoms with Crippen molar-refractivity contribution in [1.82, 2.24) is 4.57 Å². The third kappa shape index (κ3) is 3.04. The van der Waals surface area contributed by atoms with Gasteiger partial charge in [0.15, 0.2) is 16.3 Å². The number of fused-ring (bicyclic) bond motifs is 1. The monoisotopic (exact) mass is 344 g/mol. The minimum atomic E-state index is -0.0382. The van der Waals surface area contributed by atoms with Crippen molar-refractivity contribution in [2.75, 3.05) is 14.2 Å². The average molecular weight is 344 g/mol. The van der Waals surface area contributed by atoms with Gasteiger partial charge in [-0.2, -0.15) is 4.99 Å². The molecule has 1 saturated carbocycles. The molecule has 0 spiro atoms. The topological polar surface area (TPSA) is 52.8 Å². The second kappa shape index (κ2) is 7.10. The highest BCUT2D eigenvalue weighted by atomic mass is 32.1. The number of ether oxygens (including phenoxy) is 2. The molecule has 0 saturated heterocycles. The van der Waals surface area contributed by atoms with Gasteiger partial charge in [0.1, 0.15) is 0 Å². The van der Waals surface area contributed by atoms with Gasteiger partial charge in [-0.3, -0.25) is 4.79 Å². The van der Waals surface area contributed by atoms with Crippen molar-refractivity contribution in [2.24, 2.45) is 10.9 Å². The molecule has 0 bridgehead atoms. The summed E-state index contributed by atoms with van der Waals surface area (Å²) < 4.78 is 13.6. The van der Waals surface area contributed by atoms with E-state index in [0.717, 1.165) is 35.9 Å². The van der Waals surface area contributed by atoms with E-state index < -0.39 is 0 Å². The highest BCUT2D eigenvalue weighted by Crippen LogP contribution is 2.33. The fourth-order valence-corrected chi connectivity index (χ4v) is 4.13. The van der Waals surface area contributed by atoms with Gasteiger partial charge in [0.05, 0.1) is 31.0 Å². The van der Waals surface area contributed by atoms with Gasteiger partial charge in [-0.1, -0.05) is 30.1 Å². The number of carbonyl (C=O) groups excluding carboxylic acids is 1. The first-order valence-corrected chi connectivity index (χ1v) is 8.77. The molecule has 0 N–H and O–H groups in total. The Hall–Kier alpha value is -2.26. The molecule has 126 valence electrons. The lowest BCUT2D eigenvalue weighted by atomic mass is 10.1. The van der Waals surface area contributed by atoms with E-state index >= 15 is 0 Å². The van der Waals surface area contributed by atoms with Gasteiger partial charge >= 0.3 is 0 Å². The van der Waals surface area contributed by atoms with Gasteiger partial charge in [0.2, 0.25) is 0 Å². The summed E-state index contributed by atoms with van der Waals surface area (Å²) in [6.45, 7) is 0.353. The van der Waals surface area contributed by atoms with Crippen LogP contribution in [0.1, 0.15) is 25.7 Å². The smallest absolute Gasteiger partial charge is 0.251 e. The van der Waals surface area contributed by atoms with Gasteiger partial charge in [-0.25, -0.2) is 0 Å². The van der Waals surface area contributed by atoms with Crippen LogP contribution in [0, 0.1) is 18.3 Å². The fourth-order valence-electron chi connectivity index (χ4n) is 3.08. The van der Waals surface area contributed by atoms with Crippen LogP contribution < -0.4 is 14.3 Å². The molecule has 1 aromatic heterocycles. The van der Waals surface area contributed by atoms with Gasteiger partial charge in [-0.15, -0.1) is 6.42 Å². The summed E-state index contributed by atoms with van der Waals surface area (Å²) in [4.78, 5) is 17.4. The van der Waals surface area contributed by atoms with Crippen LogP contribution in [-0.4, -0.2) is 24.7 Å². The first-order chi connectivity index (χ1) is 11.7. The standard InChI is InChI=1S/C18H20N2O3S/c1-4-9-20-13-10-14(22-2)15(23-3)11-16(13)24-18(20)19-17(21)12-7-5-6-8-12/h1,10-12H,5-9H2,2-3H3. The number of carbonyl (C=O) groups is 1. The van der Waals surface area contributed by atoms with E-state index in [1.54, 1.807) is 14.2 Å². The summed E-state index contributed by atoms with van der Waals surface area (Å²) in [7, 11) is 3.19. The number of benzene rings is 1. The number of aromatic nitrogens is 1. The van der Waals surface area contributed by atoms with Crippen molar-refractivity contribution in [3.63, 3.8) is 0 Å². The number of thiazole rings is 1. The summed E-state index contributed by atoms with van der Waals surface area (Å²) in [6.07, 6.45) is 9.60. The predicted octanol–water partition coefficient (Wildman–Crippen LogP) is 2.97. The second-order valence-electron chi connectivity index (χ2n) is 5.78. The molecule has 5 nitrogen and oxygen atoms in total. The maximum atomic E-state index is 12.4. The third-order valence-electron chi connectivity index (χ3n) is 4.35. The lowest BCUT2D eigenvalue weighted by Gasteiger charge is -2.08. The summed E-state index contributed by atoms with van der Waals surface area (Å²) in [5.74, 6) is 3.93. The Bertz CT molecular complexity index is 867. The van der Waals surface area contributed by atoms with E-state index in [0.29, 0.717) is 22.8 Å². The van der Waals surface area contributed by atoms with Crippen molar-refractivity contribution in [3.05, 3.63) is 16.9 Å². The van der Waals surface area contributed by atoms with Crippen LogP contribution in [0.5, 0.6) is 11.5 Å². The molecule has 0 unspecified atom stereocenters. The molecule has 0 radical (unpaired) electrons. The van der Waals surface area contributed by atoms with Crippen LogP contribution in [-0.2, 0) is 11.3 Å². The first-order valence-electron chi connectivity index (χ1n) is 7.95. The molecule has 1 fully saturated rings. The molecular formula is C18H20N2O3S. The molecule has 0 aliphatic heterocycles. The van der Waals surface area contributed by atoms with Gasteiger partial charge in [-0.05, 0) is 12.8 Å². The molecule has 1 aliphatic rings. The van der Waals surface area contributed by atoms with Crippen molar-refractivity contribution in [1.29, 1.82) is 0 Å². The number of methoxy groups -OCH3 is 2. The van der Waals surface area contributed by atoms with E-state index in [-0.39, 0.29) is 11.8 Å². The molecule has 3 rings (SSSR count). The van der Waals surface area contributed by atoms with Crippen LogP contribution in [0.2, 0.25) is 0 Å². The van der Waals surface area contributed by atoms with Gasteiger partial charge < -0.3 is 14.0 Å². The summed E-state index contributed by atoms with van der Waals surface area (Å²) in [5, 5.41) is 0.